The van der Waals surface area contributed by atoms with Gasteiger partial charge in [-0.3, -0.25) is 9.59 Å². The van der Waals surface area contributed by atoms with Crippen molar-refractivity contribution in [2.24, 2.45) is 0 Å². The topological polar surface area (TPSA) is 113 Å². The lowest BCUT2D eigenvalue weighted by Gasteiger charge is -2.22. The molecule has 1 N–H and O–H groups in total. The maximum atomic E-state index is 12.7. The highest BCUT2D eigenvalue weighted by Crippen LogP contribution is 2.16. The van der Waals surface area contributed by atoms with Crippen LogP contribution in [0.4, 0.5) is 0 Å². The van der Waals surface area contributed by atoms with Crippen LogP contribution in [0.1, 0.15) is 297 Å². The Balaban J connectivity index is 4.39. The third kappa shape index (κ3) is 53.0. The number of esters is 2. The van der Waals surface area contributed by atoms with E-state index in [1.54, 1.807) is 0 Å². The van der Waals surface area contributed by atoms with Gasteiger partial charge in [0.05, 0.1) is 26.1 Å². The first kappa shape index (κ1) is 68.7. The molecule has 0 radical (unpaired) electrons. The number of carbonyl (C=O) groups excluding carboxylic acids is 2. The molecule has 0 bridgehead atoms. The predicted octanol–water partition coefficient (Wildman–Crippen LogP) is 16.5. The molecule has 0 aromatic rings. The molecule has 0 saturated heterocycles. The van der Waals surface area contributed by atoms with E-state index in [4.69, 9.17) is 28.4 Å². The highest BCUT2D eigenvalue weighted by atomic mass is 16.7. The molecule has 0 saturated carbocycles. The summed E-state index contributed by atoms with van der Waals surface area (Å²) in [5.41, 5.74) is 0. The van der Waals surface area contributed by atoms with Crippen molar-refractivity contribution in [2.45, 2.75) is 310 Å². The van der Waals surface area contributed by atoms with Crippen LogP contribution in [-0.4, -0.2) is 100 Å². The van der Waals surface area contributed by atoms with Gasteiger partial charge in [0.25, 0.3) is 0 Å². The summed E-state index contributed by atoms with van der Waals surface area (Å²) in [6.07, 6.45) is 46.2. The molecule has 0 amide bonds. The first-order valence-corrected chi connectivity index (χ1v) is 30.6. The quantitative estimate of drug-likeness (QED) is 0.0359. The SMILES string of the molecule is CCCCCCCCCOC(CCC(=O)OCCCCCCCN(CCCCO)CCCCCOC(=O)CCC(OCCCCCCCCC)OCCCCCCCCC)OCCCCCCCCC. The van der Waals surface area contributed by atoms with E-state index >= 15 is 0 Å². The molecule has 10 nitrogen and oxygen atoms in total. The van der Waals surface area contributed by atoms with Crippen molar-refractivity contribution >= 4 is 11.9 Å². The second kappa shape index (κ2) is 58.6. The van der Waals surface area contributed by atoms with Gasteiger partial charge in [-0.2, -0.15) is 0 Å². The van der Waals surface area contributed by atoms with Gasteiger partial charge in [0.15, 0.2) is 12.6 Å². The van der Waals surface area contributed by atoms with Gasteiger partial charge in [-0.25, -0.2) is 0 Å². The van der Waals surface area contributed by atoms with Crippen LogP contribution in [0.2, 0.25) is 0 Å². The van der Waals surface area contributed by atoms with Crippen molar-refractivity contribution in [1.29, 1.82) is 0 Å². The highest BCUT2D eigenvalue weighted by molar-refractivity contribution is 5.69. The largest absolute Gasteiger partial charge is 0.466 e. The molecule has 0 aromatic carbocycles. The average molecular weight is 999 g/mol. The van der Waals surface area contributed by atoms with E-state index in [1.165, 1.54) is 154 Å². The van der Waals surface area contributed by atoms with Gasteiger partial charge in [0.2, 0.25) is 0 Å². The van der Waals surface area contributed by atoms with Crippen molar-refractivity contribution < 1.29 is 43.1 Å². The summed E-state index contributed by atoms with van der Waals surface area (Å²) in [7, 11) is 0. The van der Waals surface area contributed by atoms with E-state index in [1.807, 2.05) is 0 Å². The smallest absolute Gasteiger partial charge is 0.305 e. The Morgan fingerprint density at radius 2 is 0.571 bits per heavy atom. The number of carbonyl (C=O) groups is 2. The lowest BCUT2D eigenvalue weighted by Crippen LogP contribution is -2.27. The molecule has 0 heterocycles. The molecule has 0 aliphatic heterocycles. The van der Waals surface area contributed by atoms with Gasteiger partial charge in [-0.15, -0.1) is 0 Å². The third-order valence-corrected chi connectivity index (χ3v) is 13.5. The summed E-state index contributed by atoms with van der Waals surface area (Å²) in [4.78, 5) is 27.9. The van der Waals surface area contributed by atoms with Crippen LogP contribution in [0, 0.1) is 0 Å². The number of unbranched alkanes of at least 4 members (excludes halogenated alkanes) is 31. The van der Waals surface area contributed by atoms with Gasteiger partial charge in [-0.1, -0.05) is 201 Å². The van der Waals surface area contributed by atoms with Crippen LogP contribution < -0.4 is 0 Å². The minimum absolute atomic E-state index is 0.150. The molecule has 0 spiro atoms. The lowest BCUT2D eigenvalue weighted by molar-refractivity contribution is -0.159. The standard InChI is InChI=1S/C60H119NO9/c1-5-9-13-17-21-27-38-53-67-59(68-54-39-28-22-18-14-10-6-2)45-43-57(63)65-51-37-31-25-26-33-47-61(49-35-36-50-62)48-34-32-42-52-66-58(64)44-46-60(69-55-40-29-23-19-15-11-7-3)70-56-41-30-24-20-16-12-8-4/h59-60,62H,5-56H2,1-4H3. The number of aliphatic hydroxyl groups is 1. The zero-order valence-electron chi connectivity index (χ0n) is 47.1. The summed E-state index contributed by atoms with van der Waals surface area (Å²) in [6, 6.07) is 0. The van der Waals surface area contributed by atoms with Crippen LogP contribution >= 0.6 is 0 Å². The number of hydrogen-bond donors (Lipinski definition) is 1. The predicted molar refractivity (Wildman–Crippen MR) is 293 cm³/mol. The summed E-state index contributed by atoms with van der Waals surface area (Å²) < 4.78 is 35.8. The van der Waals surface area contributed by atoms with E-state index < -0.39 is 0 Å². The molecule has 0 aliphatic rings. The second-order valence-electron chi connectivity index (χ2n) is 20.4. The van der Waals surface area contributed by atoms with E-state index in [-0.39, 0.29) is 31.1 Å². The molecule has 10 heteroatoms. The van der Waals surface area contributed by atoms with Gasteiger partial charge >= 0.3 is 11.9 Å². The molecule has 0 aliphatic carbocycles. The zero-order chi connectivity index (χ0) is 50.9. The summed E-state index contributed by atoms with van der Waals surface area (Å²) in [5, 5.41) is 9.38. The van der Waals surface area contributed by atoms with Crippen molar-refractivity contribution in [3.63, 3.8) is 0 Å². The molecule has 0 rings (SSSR count). The summed E-state index contributed by atoms with van der Waals surface area (Å²) in [5.74, 6) is -0.307. The second-order valence-corrected chi connectivity index (χ2v) is 20.4. The Kier molecular flexibility index (Phi) is 57.5. The molecule has 0 unspecified atom stereocenters. The average Bonchev–Trinajstić information content (AvgIpc) is 3.36. The third-order valence-electron chi connectivity index (χ3n) is 13.5. The summed E-state index contributed by atoms with van der Waals surface area (Å²) in [6.45, 7) is 16.0. The normalized spacial score (nSPS) is 11.8. The molecule has 70 heavy (non-hydrogen) atoms. The minimum atomic E-state index is -0.335. The van der Waals surface area contributed by atoms with Crippen LogP contribution in [-0.2, 0) is 38.0 Å². The maximum absolute atomic E-state index is 12.7. The fourth-order valence-electron chi connectivity index (χ4n) is 8.88. The lowest BCUT2D eigenvalue weighted by atomic mass is 10.1. The molecular formula is C60H119NO9. The maximum Gasteiger partial charge on any atom is 0.305 e. The molecule has 418 valence electrons. The van der Waals surface area contributed by atoms with Crippen molar-refractivity contribution in [3.8, 4) is 0 Å². The van der Waals surface area contributed by atoms with Crippen molar-refractivity contribution in [3.05, 3.63) is 0 Å². The minimum Gasteiger partial charge on any atom is -0.466 e. The van der Waals surface area contributed by atoms with E-state index in [2.05, 4.69) is 32.6 Å². The molecular weight excluding hydrogens is 879 g/mol. The Hall–Kier alpha value is -1.30. The Bertz CT molecular complexity index is 994. The van der Waals surface area contributed by atoms with E-state index in [0.717, 1.165) is 110 Å². The van der Waals surface area contributed by atoms with Crippen molar-refractivity contribution in [1.82, 2.24) is 4.90 Å². The first-order chi connectivity index (χ1) is 34.5. The fraction of sp³-hybridized carbons (Fsp3) is 0.967. The van der Waals surface area contributed by atoms with Crippen LogP contribution in [0.3, 0.4) is 0 Å². The van der Waals surface area contributed by atoms with Gasteiger partial charge < -0.3 is 38.4 Å². The number of hydrogen-bond acceptors (Lipinski definition) is 10. The van der Waals surface area contributed by atoms with Gasteiger partial charge in [0, 0.05) is 45.9 Å². The number of nitrogens with zero attached hydrogens (tertiary/aromatic N) is 1. The van der Waals surface area contributed by atoms with E-state index in [9.17, 15) is 14.7 Å². The monoisotopic (exact) mass is 998 g/mol. The first-order valence-electron chi connectivity index (χ1n) is 30.6. The fourth-order valence-corrected chi connectivity index (χ4v) is 8.88. The summed E-state index contributed by atoms with van der Waals surface area (Å²) >= 11 is 0. The van der Waals surface area contributed by atoms with Crippen LogP contribution in [0.25, 0.3) is 0 Å². The van der Waals surface area contributed by atoms with Crippen LogP contribution in [0.15, 0.2) is 0 Å². The van der Waals surface area contributed by atoms with E-state index in [0.29, 0.717) is 65.3 Å². The highest BCUT2D eigenvalue weighted by Gasteiger charge is 2.15. The zero-order valence-corrected chi connectivity index (χ0v) is 47.1. The van der Waals surface area contributed by atoms with Gasteiger partial charge in [-0.05, 0) is 90.3 Å². The number of rotatable bonds is 60. The number of aliphatic hydroxyl groups excluding tert-OH is 1. The Morgan fingerprint density at radius 1 is 0.329 bits per heavy atom. The molecule has 0 fully saturated rings. The number of ether oxygens (including phenoxy) is 6. The Labute approximate surface area is 434 Å². The Morgan fingerprint density at radius 3 is 0.871 bits per heavy atom. The molecule has 0 aromatic heterocycles. The molecule has 0 atom stereocenters. The van der Waals surface area contributed by atoms with Gasteiger partial charge in [0.1, 0.15) is 0 Å². The van der Waals surface area contributed by atoms with Crippen LogP contribution in [0.5, 0.6) is 0 Å². The van der Waals surface area contributed by atoms with Crippen molar-refractivity contribution in [2.75, 3.05) is 65.9 Å².